The summed E-state index contributed by atoms with van der Waals surface area (Å²) in [6, 6.07) is 0. The van der Waals surface area contributed by atoms with Gasteiger partial charge in [0.1, 0.15) is 0 Å². The molecule has 0 aromatic carbocycles. The summed E-state index contributed by atoms with van der Waals surface area (Å²) in [7, 11) is 0. The van der Waals surface area contributed by atoms with Gasteiger partial charge < -0.3 is 20.4 Å². The van der Waals surface area contributed by atoms with Crippen LogP contribution in [-0.2, 0) is 0 Å². The molecule has 0 amide bonds. The summed E-state index contributed by atoms with van der Waals surface area (Å²) in [6.45, 7) is 0.112. The van der Waals surface area contributed by atoms with Gasteiger partial charge in [-0.25, -0.2) is 0 Å². The standard InChI is InChI=1S/C14H26O4/c15-9-11-4-7-13(10-16,8-5-11)14(18)6-2-1-3-12(14)17/h11-12,15-18H,1-10H2. The predicted octanol–water partition coefficient (Wildman–Crippen LogP) is 0.814. The topological polar surface area (TPSA) is 80.9 Å². The summed E-state index contributed by atoms with van der Waals surface area (Å²) in [5, 5.41) is 40.1. The Bertz CT molecular complexity index is 273. The molecule has 4 heteroatoms. The van der Waals surface area contributed by atoms with Gasteiger partial charge >= 0.3 is 0 Å². The quantitative estimate of drug-likeness (QED) is 0.604. The minimum Gasteiger partial charge on any atom is -0.396 e. The van der Waals surface area contributed by atoms with Crippen molar-refractivity contribution in [2.45, 2.75) is 63.1 Å². The second-order valence-corrected chi connectivity index (χ2v) is 6.25. The van der Waals surface area contributed by atoms with E-state index in [9.17, 15) is 20.4 Å². The number of rotatable bonds is 3. The van der Waals surface area contributed by atoms with Gasteiger partial charge in [0, 0.05) is 12.0 Å². The maximum absolute atomic E-state index is 10.9. The molecule has 0 aromatic rings. The number of hydrogen-bond donors (Lipinski definition) is 4. The van der Waals surface area contributed by atoms with Gasteiger partial charge in [0.05, 0.1) is 18.3 Å². The molecule has 18 heavy (non-hydrogen) atoms. The van der Waals surface area contributed by atoms with E-state index in [1.165, 1.54) is 0 Å². The normalized spacial score (nSPS) is 46.0. The van der Waals surface area contributed by atoms with Crippen molar-refractivity contribution in [3.05, 3.63) is 0 Å². The monoisotopic (exact) mass is 258 g/mol. The van der Waals surface area contributed by atoms with Crippen molar-refractivity contribution < 1.29 is 20.4 Å². The molecule has 0 spiro atoms. The first kappa shape index (κ1) is 14.3. The highest BCUT2D eigenvalue weighted by Gasteiger charge is 2.55. The van der Waals surface area contributed by atoms with Crippen LogP contribution in [0.15, 0.2) is 0 Å². The van der Waals surface area contributed by atoms with Gasteiger partial charge in [0.25, 0.3) is 0 Å². The second-order valence-electron chi connectivity index (χ2n) is 6.25. The van der Waals surface area contributed by atoms with Crippen LogP contribution in [-0.4, -0.2) is 45.3 Å². The number of hydrogen-bond acceptors (Lipinski definition) is 4. The largest absolute Gasteiger partial charge is 0.396 e. The summed E-state index contributed by atoms with van der Waals surface area (Å²) in [5.74, 6) is 0.286. The highest BCUT2D eigenvalue weighted by molar-refractivity contribution is 5.06. The van der Waals surface area contributed by atoms with Crippen molar-refractivity contribution in [2.24, 2.45) is 11.3 Å². The van der Waals surface area contributed by atoms with Gasteiger partial charge in [-0.1, -0.05) is 12.8 Å². The molecule has 106 valence electrons. The maximum Gasteiger partial charge on any atom is 0.0983 e. The minimum atomic E-state index is -1.14. The Morgan fingerprint density at radius 1 is 0.944 bits per heavy atom. The molecule has 0 saturated heterocycles. The van der Waals surface area contributed by atoms with E-state index in [-0.39, 0.29) is 19.1 Å². The fourth-order valence-electron chi connectivity index (χ4n) is 3.90. The first-order valence-electron chi connectivity index (χ1n) is 7.20. The zero-order chi connectivity index (χ0) is 13.2. The fraction of sp³-hybridized carbons (Fsp3) is 1.00. The molecular weight excluding hydrogens is 232 g/mol. The van der Waals surface area contributed by atoms with Crippen LogP contribution in [0.2, 0.25) is 0 Å². The number of aliphatic hydroxyl groups is 4. The molecule has 2 unspecified atom stereocenters. The van der Waals surface area contributed by atoms with Crippen LogP contribution in [0.3, 0.4) is 0 Å². The Morgan fingerprint density at radius 2 is 1.61 bits per heavy atom. The minimum absolute atomic E-state index is 0.0707. The van der Waals surface area contributed by atoms with Crippen LogP contribution < -0.4 is 0 Å². The summed E-state index contributed by atoms with van der Waals surface area (Å²) in [4.78, 5) is 0. The van der Waals surface area contributed by atoms with E-state index in [1.807, 2.05) is 0 Å². The van der Waals surface area contributed by atoms with Crippen LogP contribution in [0.4, 0.5) is 0 Å². The molecule has 2 saturated carbocycles. The van der Waals surface area contributed by atoms with Crippen molar-refractivity contribution in [1.82, 2.24) is 0 Å². The van der Waals surface area contributed by atoms with Crippen molar-refractivity contribution in [3.8, 4) is 0 Å². The van der Waals surface area contributed by atoms with E-state index in [0.29, 0.717) is 25.7 Å². The van der Waals surface area contributed by atoms with Crippen LogP contribution in [0.25, 0.3) is 0 Å². The van der Waals surface area contributed by atoms with Gasteiger partial charge in [0.15, 0.2) is 0 Å². The molecule has 0 bridgehead atoms. The van der Waals surface area contributed by atoms with Gasteiger partial charge in [0.2, 0.25) is 0 Å². The molecule has 0 heterocycles. The average Bonchev–Trinajstić information content (AvgIpc) is 2.42. The molecule has 4 nitrogen and oxygen atoms in total. The lowest BCUT2D eigenvalue weighted by Crippen LogP contribution is -2.60. The molecule has 2 atom stereocenters. The first-order chi connectivity index (χ1) is 8.58. The Labute approximate surface area is 109 Å². The maximum atomic E-state index is 10.9. The van der Waals surface area contributed by atoms with Gasteiger partial charge in [-0.05, 0) is 44.4 Å². The molecule has 2 fully saturated rings. The molecule has 0 aromatic heterocycles. The van der Waals surface area contributed by atoms with Crippen molar-refractivity contribution in [2.75, 3.05) is 13.2 Å². The lowest BCUT2D eigenvalue weighted by atomic mass is 9.57. The van der Waals surface area contributed by atoms with Gasteiger partial charge in [-0.3, -0.25) is 0 Å². The third-order valence-electron chi connectivity index (χ3n) is 5.38. The summed E-state index contributed by atoms with van der Waals surface area (Å²) in [6.07, 6.45) is 5.40. The van der Waals surface area contributed by atoms with Crippen molar-refractivity contribution in [3.63, 3.8) is 0 Å². The lowest BCUT2D eigenvalue weighted by molar-refractivity contribution is -0.205. The van der Waals surface area contributed by atoms with Gasteiger partial charge in [-0.2, -0.15) is 0 Å². The van der Waals surface area contributed by atoms with E-state index in [0.717, 1.165) is 25.7 Å². The fourth-order valence-corrected chi connectivity index (χ4v) is 3.90. The Kier molecular flexibility index (Phi) is 4.32. The Hall–Kier alpha value is -0.160. The van der Waals surface area contributed by atoms with E-state index in [2.05, 4.69) is 0 Å². The second kappa shape index (κ2) is 5.45. The first-order valence-corrected chi connectivity index (χ1v) is 7.20. The van der Waals surface area contributed by atoms with E-state index in [4.69, 9.17) is 0 Å². The van der Waals surface area contributed by atoms with Crippen LogP contribution in [0.1, 0.15) is 51.4 Å². The molecular formula is C14H26O4. The molecule has 0 radical (unpaired) electrons. The van der Waals surface area contributed by atoms with E-state index >= 15 is 0 Å². The zero-order valence-corrected chi connectivity index (χ0v) is 11.0. The number of aliphatic hydroxyl groups excluding tert-OH is 3. The molecule has 2 aliphatic carbocycles. The van der Waals surface area contributed by atoms with Crippen LogP contribution in [0, 0.1) is 11.3 Å². The molecule has 2 aliphatic rings. The predicted molar refractivity (Wildman–Crippen MR) is 68.0 cm³/mol. The van der Waals surface area contributed by atoms with Crippen LogP contribution >= 0.6 is 0 Å². The average molecular weight is 258 g/mol. The van der Waals surface area contributed by atoms with E-state index < -0.39 is 17.1 Å². The molecule has 0 aliphatic heterocycles. The van der Waals surface area contributed by atoms with Gasteiger partial charge in [-0.15, -0.1) is 0 Å². The third-order valence-corrected chi connectivity index (χ3v) is 5.38. The smallest absolute Gasteiger partial charge is 0.0983 e. The molecule has 4 N–H and O–H groups in total. The summed E-state index contributed by atoms with van der Waals surface area (Å²) in [5.41, 5.74) is -1.71. The highest BCUT2D eigenvalue weighted by atomic mass is 16.3. The van der Waals surface area contributed by atoms with Crippen molar-refractivity contribution >= 4 is 0 Å². The third kappa shape index (κ3) is 2.20. The highest BCUT2D eigenvalue weighted by Crippen LogP contribution is 2.51. The van der Waals surface area contributed by atoms with Crippen LogP contribution in [0.5, 0.6) is 0 Å². The summed E-state index contributed by atoms with van der Waals surface area (Å²) >= 11 is 0. The van der Waals surface area contributed by atoms with E-state index in [1.54, 1.807) is 0 Å². The Morgan fingerprint density at radius 3 is 2.11 bits per heavy atom. The molecule has 2 rings (SSSR count). The van der Waals surface area contributed by atoms with Crippen molar-refractivity contribution in [1.29, 1.82) is 0 Å². The lowest BCUT2D eigenvalue weighted by Gasteiger charge is -2.53. The Balaban J connectivity index is 2.16. The summed E-state index contributed by atoms with van der Waals surface area (Å²) < 4.78 is 0. The zero-order valence-electron chi connectivity index (χ0n) is 11.0. The SMILES string of the molecule is OCC1CCC(CO)(C2(O)CCCCC2O)CC1.